The lowest BCUT2D eigenvalue weighted by atomic mass is 10.1. The van der Waals surface area contributed by atoms with Crippen molar-refractivity contribution < 1.29 is 4.74 Å². The molecule has 3 nitrogen and oxygen atoms in total. The normalized spacial score (nSPS) is 13.5. The highest BCUT2D eigenvalue weighted by Gasteiger charge is 2.16. The standard InChI is InChI=1S/C17H28N2O/c1-2-3-4-5-6-7-11-20-17-15(13-18)12-14-9-8-10-16(14)19-17/h12H,2-11,13,18H2,1H3. The first kappa shape index (κ1) is 15.3. The zero-order valence-corrected chi connectivity index (χ0v) is 12.8. The minimum absolute atomic E-state index is 0.520. The maximum absolute atomic E-state index is 5.87. The minimum Gasteiger partial charge on any atom is -0.477 e. The van der Waals surface area contributed by atoms with Crippen molar-refractivity contribution in [2.45, 2.75) is 71.3 Å². The first-order valence-corrected chi connectivity index (χ1v) is 8.19. The Kier molecular flexibility index (Phi) is 6.31. The van der Waals surface area contributed by atoms with Gasteiger partial charge in [-0.05, 0) is 37.3 Å². The molecule has 0 spiro atoms. The lowest BCUT2D eigenvalue weighted by molar-refractivity contribution is 0.289. The summed E-state index contributed by atoms with van der Waals surface area (Å²) in [6, 6.07) is 2.20. The lowest BCUT2D eigenvalue weighted by Gasteiger charge is -2.11. The van der Waals surface area contributed by atoms with Crippen LogP contribution in [0.2, 0.25) is 0 Å². The van der Waals surface area contributed by atoms with E-state index in [1.54, 1.807) is 0 Å². The summed E-state index contributed by atoms with van der Waals surface area (Å²) in [4.78, 5) is 4.67. The average Bonchev–Trinajstić information content (AvgIpc) is 2.92. The number of fused-ring (bicyclic) bond motifs is 1. The van der Waals surface area contributed by atoms with Crippen molar-refractivity contribution in [3.8, 4) is 5.88 Å². The average molecular weight is 276 g/mol. The summed E-state index contributed by atoms with van der Waals surface area (Å²) in [5.74, 6) is 0.779. The van der Waals surface area contributed by atoms with E-state index in [9.17, 15) is 0 Å². The van der Waals surface area contributed by atoms with E-state index in [2.05, 4.69) is 18.0 Å². The van der Waals surface area contributed by atoms with Gasteiger partial charge in [-0.15, -0.1) is 0 Å². The molecule has 0 radical (unpaired) electrons. The van der Waals surface area contributed by atoms with Crippen LogP contribution >= 0.6 is 0 Å². The van der Waals surface area contributed by atoms with Gasteiger partial charge in [-0.3, -0.25) is 0 Å². The fourth-order valence-electron chi connectivity index (χ4n) is 2.82. The molecule has 2 rings (SSSR count). The Hall–Kier alpha value is -1.09. The number of nitrogens with zero attached hydrogens (tertiary/aromatic N) is 1. The molecule has 1 aromatic heterocycles. The summed E-state index contributed by atoms with van der Waals surface area (Å²) in [7, 11) is 0. The van der Waals surface area contributed by atoms with Crippen LogP contribution in [-0.2, 0) is 19.4 Å². The molecule has 1 aliphatic rings. The third-order valence-corrected chi connectivity index (χ3v) is 4.05. The Morgan fingerprint density at radius 1 is 1.15 bits per heavy atom. The first-order valence-electron chi connectivity index (χ1n) is 8.19. The molecule has 112 valence electrons. The number of unbranched alkanes of at least 4 members (excludes halogenated alkanes) is 5. The van der Waals surface area contributed by atoms with Gasteiger partial charge in [0.05, 0.1) is 6.61 Å². The monoisotopic (exact) mass is 276 g/mol. The molecule has 2 N–H and O–H groups in total. The molecule has 0 aromatic carbocycles. The number of rotatable bonds is 9. The van der Waals surface area contributed by atoms with E-state index in [-0.39, 0.29) is 0 Å². The van der Waals surface area contributed by atoms with E-state index in [0.717, 1.165) is 37.3 Å². The molecule has 0 aliphatic heterocycles. The van der Waals surface area contributed by atoms with Crippen molar-refractivity contribution >= 4 is 0 Å². The third kappa shape index (κ3) is 4.20. The van der Waals surface area contributed by atoms with E-state index < -0.39 is 0 Å². The molecule has 0 bridgehead atoms. The van der Waals surface area contributed by atoms with E-state index >= 15 is 0 Å². The second-order valence-electron chi connectivity index (χ2n) is 5.73. The van der Waals surface area contributed by atoms with Gasteiger partial charge in [0.1, 0.15) is 0 Å². The Morgan fingerprint density at radius 2 is 1.95 bits per heavy atom. The van der Waals surface area contributed by atoms with Crippen molar-refractivity contribution in [3.63, 3.8) is 0 Å². The van der Waals surface area contributed by atoms with Gasteiger partial charge >= 0.3 is 0 Å². The van der Waals surface area contributed by atoms with Crippen molar-refractivity contribution in [1.29, 1.82) is 0 Å². The minimum atomic E-state index is 0.520. The van der Waals surface area contributed by atoms with Crippen molar-refractivity contribution in [2.24, 2.45) is 5.73 Å². The summed E-state index contributed by atoms with van der Waals surface area (Å²) in [5, 5.41) is 0. The summed E-state index contributed by atoms with van der Waals surface area (Å²) in [6.45, 7) is 3.54. The van der Waals surface area contributed by atoms with Gasteiger partial charge in [-0.25, -0.2) is 4.98 Å². The van der Waals surface area contributed by atoms with Gasteiger partial charge in [0, 0.05) is 17.8 Å². The number of nitrogens with two attached hydrogens (primary N) is 1. The van der Waals surface area contributed by atoms with Crippen LogP contribution in [0.15, 0.2) is 6.07 Å². The van der Waals surface area contributed by atoms with E-state index in [0.29, 0.717) is 6.54 Å². The molecule has 0 amide bonds. The predicted octanol–water partition coefficient (Wildman–Crippen LogP) is 3.77. The van der Waals surface area contributed by atoms with Crippen LogP contribution in [0, 0.1) is 0 Å². The van der Waals surface area contributed by atoms with Crippen molar-refractivity contribution in [3.05, 3.63) is 22.9 Å². The van der Waals surface area contributed by atoms with Crippen molar-refractivity contribution in [2.75, 3.05) is 6.61 Å². The summed E-state index contributed by atoms with van der Waals surface area (Å²) in [6.07, 6.45) is 11.1. The Balaban J connectivity index is 1.77. The van der Waals surface area contributed by atoms with Gasteiger partial charge in [0.2, 0.25) is 5.88 Å². The Labute approximate surface area is 122 Å². The number of hydrogen-bond donors (Lipinski definition) is 1. The molecule has 0 saturated carbocycles. The molecular formula is C17H28N2O. The predicted molar refractivity (Wildman–Crippen MR) is 83.0 cm³/mol. The van der Waals surface area contributed by atoms with Crippen LogP contribution in [0.25, 0.3) is 0 Å². The fourth-order valence-corrected chi connectivity index (χ4v) is 2.82. The number of ether oxygens (including phenoxy) is 1. The molecular weight excluding hydrogens is 248 g/mol. The fraction of sp³-hybridized carbons (Fsp3) is 0.706. The summed E-state index contributed by atoms with van der Waals surface area (Å²) in [5.41, 5.74) is 9.47. The molecule has 20 heavy (non-hydrogen) atoms. The number of aryl methyl sites for hydroxylation is 2. The van der Waals surface area contributed by atoms with E-state index in [1.807, 2.05) is 0 Å². The number of aromatic nitrogens is 1. The molecule has 1 aliphatic carbocycles. The smallest absolute Gasteiger partial charge is 0.218 e. The molecule has 1 aromatic rings. The Morgan fingerprint density at radius 3 is 2.75 bits per heavy atom. The molecule has 1 heterocycles. The largest absolute Gasteiger partial charge is 0.477 e. The second kappa shape index (κ2) is 8.25. The van der Waals surface area contributed by atoms with Crippen molar-refractivity contribution in [1.82, 2.24) is 4.98 Å². The highest BCUT2D eigenvalue weighted by atomic mass is 16.5. The molecule has 3 heteroatoms. The van der Waals surface area contributed by atoms with Gasteiger partial charge in [0.25, 0.3) is 0 Å². The highest BCUT2D eigenvalue weighted by molar-refractivity contribution is 5.36. The van der Waals surface area contributed by atoms with Gasteiger partial charge in [-0.2, -0.15) is 0 Å². The number of pyridine rings is 1. The SMILES string of the molecule is CCCCCCCCOc1nc2c(cc1CN)CCC2. The maximum Gasteiger partial charge on any atom is 0.218 e. The zero-order valence-electron chi connectivity index (χ0n) is 12.8. The van der Waals surface area contributed by atoms with Crippen LogP contribution < -0.4 is 10.5 Å². The topological polar surface area (TPSA) is 48.1 Å². The lowest BCUT2D eigenvalue weighted by Crippen LogP contribution is -2.07. The molecule has 0 saturated heterocycles. The summed E-state index contributed by atoms with van der Waals surface area (Å²) < 4.78 is 5.87. The quantitative estimate of drug-likeness (QED) is 0.698. The zero-order chi connectivity index (χ0) is 14.2. The van der Waals surface area contributed by atoms with Crippen LogP contribution in [0.1, 0.15) is 68.7 Å². The Bertz CT molecular complexity index is 418. The highest BCUT2D eigenvalue weighted by Crippen LogP contribution is 2.26. The second-order valence-corrected chi connectivity index (χ2v) is 5.73. The van der Waals surface area contributed by atoms with E-state index in [1.165, 1.54) is 49.8 Å². The van der Waals surface area contributed by atoms with Gasteiger partial charge < -0.3 is 10.5 Å². The van der Waals surface area contributed by atoms with Gasteiger partial charge in [0.15, 0.2) is 0 Å². The van der Waals surface area contributed by atoms with Crippen LogP contribution in [-0.4, -0.2) is 11.6 Å². The molecule has 0 atom stereocenters. The number of hydrogen-bond acceptors (Lipinski definition) is 3. The first-order chi connectivity index (χ1) is 9.85. The van der Waals surface area contributed by atoms with Crippen LogP contribution in [0.5, 0.6) is 5.88 Å². The maximum atomic E-state index is 5.87. The van der Waals surface area contributed by atoms with Crippen LogP contribution in [0.4, 0.5) is 0 Å². The van der Waals surface area contributed by atoms with E-state index in [4.69, 9.17) is 10.5 Å². The van der Waals surface area contributed by atoms with Gasteiger partial charge in [-0.1, -0.05) is 39.0 Å². The summed E-state index contributed by atoms with van der Waals surface area (Å²) >= 11 is 0. The molecule has 0 fully saturated rings. The third-order valence-electron chi connectivity index (χ3n) is 4.05. The van der Waals surface area contributed by atoms with Crippen LogP contribution in [0.3, 0.4) is 0 Å². The molecule has 0 unspecified atom stereocenters.